The molecule has 0 aliphatic rings. The molecule has 0 atom stereocenters. The van der Waals surface area contributed by atoms with E-state index in [4.69, 9.17) is 15.3 Å². The zero-order valence-corrected chi connectivity index (χ0v) is 20.9. The van der Waals surface area contributed by atoms with Crippen LogP contribution >= 0.6 is 0 Å². The summed E-state index contributed by atoms with van der Waals surface area (Å²) >= 11 is 0. The third kappa shape index (κ3) is 6.19. The lowest BCUT2D eigenvalue weighted by Crippen LogP contribution is -2.11. The molecule has 0 aliphatic carbocycles. The molecule has 0 radical (unpaired) electrons. The number of nitrogens with one attached hydrogen (secondary N) is 1. The molecule has 3 aromatic carbocycles. The number of carbonyl (C=O) groups is 1. The molecule has 0 aliphatic heterocycles. The lowest BCUT2D eigenvalue weighted by atomic mass is 9.84. The number of aliphatic carboxylic acids is 1. The Labute approximate surface area is 206 Å². The molecule has 7 heteroatoms. The van der Waals surface area contributed by atoms with E-state index in [1.165, 1.54) is 0 Å². The molecular weight excluding hydrogens is 442 g/mol. The largest absolute Gasteiger partial charge is 0.497 e. The molecule has 184 valence electrons. The first-order valence-corrected chi connectivity index (χ1v) is 11.4. The number of amidine groups is 1. The van der Waals surface area contributed by atoms with Gasteiger partial charge in [0.15, 0.2) is 0 Å². The van der Waals surface area contributed by atoms with Crippen molar-refractivity contribution < 1.29 is 19.5 Å². The average molecular weight is 476 g/mol. The number of benzene rings is 3. The average Bonchev–Trinajstić information content (AvgIpc) is 2.82. The molecule has 3 rings (SSSR count). The van der Waals surface area contributed by atoms with Crippen molar-refractivity contribution in [1.82, 2.24) is 5.32 Å². The Bertz CT molecular complexity index is 1230. The number of methoxy groups -OCH3 is 1. The third-order valence-electron chi connectivity index (χ3n) is 5.92. The van der Waals surface area contributed by atoms with Crippen LogP contribution in [0.25, 0.3) is 22.3 Å². The van der Waals surface area contributed by atoms with Gasteiger partial charge in [-0.1, -0.05) is 41.1 Å². The number of nitrogens with zero attached hydrogens (tertiary/aromatic N) is 1. The summed E-state index contributed by atoms with van der Waals surface area (Å²) in [5.74, 6) is 0.182. The van der Waals surface area contributed by atoms with Crippen molar-refractivity contribution in [2.75, 3.05) is 14.2 Å². The molecule has 4 N–H and O–H groups in total. The van der Waals surface area contributed by atoms with Gasteiger partial charge in [-0.15, -0.1) is 0 Å². The van der Waals surface area contributed by atoms with E-state index in [-0.39, 0.29) is 13.0 Å². The van der Waals surface area contributed by atoms with E-state index in [9.17, 15) is 9.90 Å². The molecule has 7 nitrogen and oxygen atoms in total. The minimum atomic E-state index is -0.891. The standard InChI is InChI=1S/C28H33N3O4/c1-17-6-8-20(9-7-17)25-13-26(23-11-10-22(34-5)12-21(23)15-30-4)27(16-35-31-19(3)29)18(2)24(25)14-28(32)33/h6-13,30H,14-16H2,1-5H3,(H2,29,31)(H,32,33). The van der Waals surface area contributed by atoms with Crippen LogP contribution in [-0.4, -0.2) is 31.1 Å². The van der Waals surface area contributed by atoms with Gasteiger partial charge in [-0.25, -0.2) is 0 Å². The number of rotatable bonds is 10. The zero-order chi connectivity index (χ0) is 25.5. The third-order valence-corrected chi connectivity index (χ3v) is 5.92. The lowest BCUT2D eigenvalue weighted by Gasteiger charge is -2.22. The second kappa shape index (κ2) is 11.5. The first-order chi connectivity index (χ1) is 16.7. The van der Waals surface area contributed by atoms with E-state index in [1.807, 2.05) is 63.4 Å². The second-order valence-corrected chi connectivity index (χ2v) is 8.55. The van der Waals surface area contributed by atoms with Gasteiger partial charge in [-0.2, -0.15) is 0 Å². The summed E-state index contributed by atoms with van der Waals surface area (Å²) in [7, 11) is 3.54. The quantitative estimate of drug-likeness (QED) is 0.221. The van der Waals surface area contributed by atoms with E-state index in [0.29, 0.717) is 12.4 Å². The van der Waals surface area contributed by atoms with Crippen molar-refractivity contribution in [1.29, 1.82) is 0 Å². The molecule has 0 bridgehead atoms. The highest BCUT2D eigenvalue weighted by Gasteiger charge is 2.21. The molecule has 0 amide bonds. The summed E-state index contributed by atoms with van der Waals surface area (Å²) in [6, 6.07) is 16.1. The van der Waals surface area contributed by atoms with Gasteiger partial charge in [0.05, 0.1) is 13.5 Å². The maximum atomic E-state index is 11.8. The van der Waals surface area contributed by atoms with Crippen molar-refractivity contribution in [2.24, 2.45) is 10.9 Å². The highest BCUT2D eigenvalue weighted by molar-refractivity contribution is 5.85. The van der Waals surface area contributed by atoms with Crippen molar-refractivity contribution in [3.05, 3.63) is 76.3 Å². The first kappa shape index (κ1) is 25.8. The van der Waals surface area contributed by atoms with Crippen LogP contribution < -0.4 is 15.8 Å². The van der Waals surface area contributed by atoms with Crippen molar-refractivity contribution in [3.63, 3.8) is 0 Å². The Kier molecular flexibility index (Phi) is 8.49. The summed E-state index contributed by atoms with van der Waals surface area (Å²) in [5, 5.41) is 16.8. The smallest absolute Gasteiger partial charge is 0.307 e. The summed E-state index contributed by atoms with van der Waals surface area (Å²) in [6.07, 6.45) is -0.104. The Morgan fingerprint density at radius 3 is 2.34 bits per heavy atom. The van der Waals surface area contributed by atoms with Crippen LogP contribution in [0.2, 0.25) is 0 Å². The number of aryl methyl sites for hydroxylation is 1. The van der Waals surface area contributed by atoms with Crippen LogP contribution in [0.5, 0.6) is 5.75 Å². The van der Waals surface area contributed by atoms with Gasteiger partial charge < -0.3 is 25.7 Å². The molecule has 0 unspecified atom stereocenters. The fraction of sp³-hybridized carbons (Fsp3) is 0.286. The first-order valence-electron chi connectivity index (χ1n) is 11.4. The normalized spacial score (nSPS) is 11.4. The second-order valence-electron chi connectivity index (χ2n) is 8.55. The number of carboxylic acids is 1. The van der Waals surface area contributed by atoms with E-state index in [2.05, 4.69) is 16.5 Å². The van der Waals surface area contributed by atoms with Gasteiger partial charge in [0, 0.05) is 12.1 Å². The number of nitrogens with two attached hydrogens (primary N) is 1. The van der Waals surface area contributed by atoms with Gasteiger partial charge in [-0.05, 0) is 85.0 Å². The van der Waals surface area contributed by atoms with E-state index in [0.717, 1.165) is 55.8 Å². The summed E-state index contributed by atoms with van der Waals surface area (Å²) in [5.41, 5.74) is 14.1. The van der Waals surface area contributed by atoms with Crippen molar-refractivity contribution >= 4 is 11.8 Å². The molecular formula is C28H33N3O4. The Morgan fingerprint density at radius 1 is 1.03 bits per heavy atom. The van der Waals surface area contributed by atoms with Crippen LogP contribution in [0, 0.1) is 13.8 Å². The molecule has 35 heavy (non-hydrogen) atoms. The molecule has 0 saturated heterocycles. The number of oxime groups is 1. The predicted octanol–water partition coefficient (Wildman–Crippen LogP) is 4.80. The molecule has 3 aromatic rings. The number of ether oxygens (including phenoxy) is 1. The van der Waals surface area contributed by atoms with E-state index >= 15 is 0 Å². The fourth-order valence-electron chi connectivity index (χ4n) is 4.20. The van der Waals surface area contributed by atoms with Crippen LogP contribution in [0.1, 0.15) is 34.7 Å². The number of hydrogen-bond acceptors (Lipinski definition) is 5. The Hall–Kier alpha value is -3.84. The minimum Gasteiger partial charge on any atom is -0.497 e. The fourth-order valence-corrected chi connectivity index (χ4v) is 4.20. The summed E-state index contributed by atoms with van der Waals surface area (Å²) < 4.78 is 5.45. The maximum absolute atomic E-state index is 11.8. The van der Waals surface area contributed by atoms with Crippen LogP contribution in [0.4, 0.5) is 0 Å². The lowest BCUT2D eigenvalue weighted by molar-refractivity contribution is -0.136. The Balaban J connectivity index is 2.34. The van der Waals surface area contributed by atoms with Crippen molar-refractivity contribution in [3.8, 4) is 28.0 Å². The SMILES string of the molecule is CNCc1cc(OC)ccc1-c1cc(-c2ccc(C)cc2)c(CC(=O)O)c(C)c1CO/N=C(/C)N. The van der Waals surface area contributed by atoms with Gasteiger partial charge >= 0.3 is 5.97 Å². The molecule has 0 fully saturated rings. The van der Waals surface area contributed by atoms with E-state index < -0.39 is 5.97 Å². The van der Waals surface area contributed by atoms with Gasteiger partial charge in [0.2, 0.25) is 0 Å². The maximum Gasteiger partial charge on any atom is 0.307 e. The monoisotopic (exact) mass is 475 g/mol. The highest BCUT2D eigenvalue weighted by atomic mass is 16.6. The Morgan fingerprint density at radius 2 is 1.74 bits per heavy atom. The molecule has 0 spiro atoms. The highest BCUT2D eigenvalue weighted by Crippen LogP contribution is 2.39. The molecule has 0 heterocycles. The topological polar surface area (TPSA) is 106 Å². The van der Waals surface area contributed by atoms with Gasteiger partial charge in [0.25, 0.3) is 0 Å². The van der Waals surface area contributed by atoms with Gasteiger partial charge in [-0.3, -0.25) is 4.79 Å². The van der Waals surface area contributed by atoms with Crippen LogP contribution in [0.3, 0.4) is 0 Å². The van der Waals surface area contributed by atoms with Crippen LogP contribution in [-0.2, 0) is 29.2 Å². The number of carboxylic acid groups (broad SMARTS) is 1. The molecule has 0 saturated carbocycles. The molecule has 0 aromatic heterocycles. The van der Waals surface area contributed by atoms with Crippen LogP contribution in [0.15, 0.2) is 53.7 Å². The minimum absolute atomic E-state index is 0.104. The van der Waals surface area contributed by atoms with Gasteiger partial charge in [0.1, 0.15) is 18.2 Å². The van der Waals surface area contributed by atoms with E-state index in [1.54, 1.807) is 14.0 Å². The summed E-state index contributed by atoms with van der Waals surface area (Å²) in [4.78, 5) is 17.4. The van der Waals surface area contributed by atoms with Crippen molar-refractivity contribution in [2.45, 2.75) is 40.3 Å². The summed E-state index contributed by atoms with van der Waals surface area (Å²) in [6.45, 7) is 6.40. The number of hydrogen-bond donors (Lipinski definition) is 3. The zero-order valence-electron chi connectivity index (χ0n) is 20.9. The predicted molar refractivity (Wildman–Crippen MR) is 140 cm³/mol.